The van der Waals surface area contributed by atoms with Crippen LogP contribution in [0.1, 0.15) is 0 Å². The Hall–Kier alpha value is -0.890. The fourth-order valence-electron chi connectivity index (χ4n) is 0.806. The van der Waals surface area contributed by atoms with Crippen LogP contribution in [0.15, 0.2) is 30.0 Å². The number of aliphatic imine (C=N–C) groups is 1. The van der Waals surface area contributed by atoms with Crippen LogP contribution in [-0.2, 0) is 0 Å². The van der Waals surface area contributed by atoms with Gasteiger partial charge in [-0.15, -0.1) is 0 Å². The molecule has 0 N–H and O–H groups in total. The predicted molar refractivity (Wildman–Crippen MR) is 38.9 cm³/mol. The molecule has 1 atom stereocenters. The van der Waals surface area contributed by atoms with Crippen molar-refractivity contribution in [3.63, 3.8) is 0 Å². The topological polar surface area (TPSA) is 12.4 Å². The minimum Gasteiger partial charge on any atom is -0.253 e. The van der Waals surface area contributed by atoms with Crippen LogP contribution in [0.2, 0.25) is 0 Å². The summed E-state index contributed by atoms with van der Waals surface area (Å²) in [5.41, 5.74) is 0. The largest absolute Gasteiger partial charge is 0.253 e. The molecule has 0 aromatic heterocycles. The van der Waals surface area contributed by atoms with E-state index in [1.54, 1.807) is 0 Å². The Balaban J connectivity index is 2.63. The van der Waals surface area contributed by atoms with Crippen LogP contribution in [0.5, 0.6) is 0 Å². The monoisotopic (exact) mass is 123 g/mol. The first-order valence-electron chi connectivity index (χ1n) is 2.95. The van der Waals surface area contributed by atoms with Crippen LogP contribution in [0, 0.1) is 0 Å². The smallest absolute Gasteiger partial charge is 0.194 e. The second kappa shape index (κ2) is 2.15. The third-order valence-electron chi connectivity index (χ3n) is 1.35. The average molecular weight is 123 g/mol. The van der Waals surface area contributed by atoms with Crippen LogP contribution in [0.25, 0.3) is 0 Å². The van der Waals surface area contributed by atoms with Crippen molar-refractivity contribution in [2.75, 3.05) is 13.6 Å². The van der Waals surface area contributed by atoms with Crippen molar-refractivity contribution in [1.29, 1.82) is 0 Å². The van der Waals surface area contributed by atoms with Gasteiger partial charge < -0.3 is 0 Å². The van der Waals surface area contributed by atoms with Crippen molar-refractivity contribution in [2.45, 2.75) is 0 Å². The lowest BCUT2D eigenvalue weighted by Gasteiger charge is -2.18. The van der Waals surface area contributed by atoms with Gasteiger partial charge in [0.1, 0.15) is 12.7 Å². The molecule has 2 nitrogen and oxygen atoms in total. The Kier molecular flexibility index (Phi) is 1.49. The summed E-state index contributed by atoms with van der Waals surface area (Å²) < 4.78 is 0.753. The lowest BCUT2D eigenvalue weighted by molar-refractivity contribution is -0.749. The maximum Gasteiger partial charge on any atom is 0.194 e. The maximum absolute atomic E-state index is 3.97. The van der Waals surface area contributed by atoms with Crippen LogP contribution < -0.4 is 0 Å². The lowest BCUT2D eigenvalue weighted by atomic mass is 10.5. The van der Waals surface area contributed by atoms with E-state index >= 15 is 0 Å². The average Bonchev–Trinajstić information content (AvgIpc) is 2.16. The number of nitrogens with zero attached hydrogens (tertiary/aromatic N) is 2. The molecule has 48 valence electrons. The van der Waals surface area contributed by atoms with Crippen molar-refractivity contribution < 1.29 is 4.48 Å². The van der Waals surface area contributed by atoms with Crippen LogP contribution in [-0.4, -0.2) is 24.4 Å². The van der Waals surface area contributed by atoms with Gasteiger partial charge in [0.05, 0.1) is 13.2 Å². The summed E-state index contributed by atoms with van der Waals surface area (Å²) in [5.74, 6) is 0. The standard InChI is InChI=1S/C7H11N2/c1-3-5-9(2)6-4-8-7-9/h3-4,6-7H,1,5H2,2H3/q+1. The third-order valence-corrected chi connectivity index (χ3v) is 1.35. The fraction of sp³-hybridized carbons (Fsp3) is 0.286. The molecule has 0 radical (unpaired) electrons. The highest BCUT2D eigenvalue weighted by Gasteiger charge is 2.15. The molecule has 0 saturated carbocycles. The van der Waals surface area contributed by atoms with E-state index in [9.17, 15) is 0 Å². The zero-order valence-corrected chi connectivity index (χ0v) is 5.62. The molecule has 0 saturated heterocycles. The van der Waals surface area contributed by atoms with E-state index in [4.69, 9.17) is 0 Å². The fourth-order valence-corrected chi connectivity index (χ4v) is 0.806. The minimum atomic E-state index is 0.753. The Morgan fingerprint density at radius 1 is 1.78 bits per heavy atom. The zero-order chi connectivity index (χ0) is 6.74. The normalized spacial score (nSPS) is 31.2. The summed E-state index contributed by atoms with van der Waals surface area (Å²) in [6, 6.07) is 0. The number of rotatable bonds is 2. The van der Waals surface area contributed by atoms with E-state index in [0.29, 0.717) is 0 Å². The summed E-state index contributed by atoms with van der Waals surface area (Å²) in [6.45, 7) is 4.57. The molecule has 1 unspecified atom stereocenters. The van der Waals surface area contributed by atoms with Gasteiger partial charge in [-0.2, -0.15) is 0 Å². The van der Waals surface area contributed by atoms with Crippen LogP contribution in [0.4, 0.5) is 0 Å². The van der Waals surface area contributed by atoms with Crippen LogP contribution in [0.3, 0.4) is 0 Å². The molecule has 0 spiro atoms. The Bertz CT molecular complexity index is 156. The highest BCUT2D eigenvalue weighted by Crippen LogP contribution is 2.05. The van der Waals surface area contributed by atoms with E-state index in [0.717, 1.165) is 11.0 Å². The molecule has 2 heteroatoms. The van der Waals surface area contributed by atoms with E-state index < -0.39 is 0 Å². The Morgan fingerprint density at radius 2 is 2.56 bits per heavy atom. The first-order valence-corrected chi connectivity index (χ1v) is 2.95. The Labute approximate surface area is 55.4 Å². The zero-order valence-electron chi connectivity index (χ0n) is 5.62. The molecule has 0 fully saturated rings. The maximum atomic E-state index is 3.97. The summed E-state index contributed by atoms with van der Waals surface area (Å²) in [7, 11) is 2.08. The van der Waals surface area contributed by atoms with Crippen molar-refractivity contribution in [1.82, 2.24) is 0 Å². The van der Waals surface area contributed by atoms with Gasteiger partial charge >= 0.3 is 0 Å². The number of likely N-dealkylation sites (N-methyl/N-ethyl adjacent to an activating group) is 1. The number of hydrogen-bond acceptors (Lipinski definition) is 1. The molecule has 9 heavy (non-hydrogen) atoms. The van der Waals surface area contributed by atoms with Gasteiger partial charge in [-0.3, -0.25) is 4.48 Å². The van der Waals surface area contributed by atoms with Crippen molar-refractivity contribution in [3.05, 3.63) is 25.1 Å². The second-order valence-electron chi connectivity index (χ2n) is 2.38. The molecule has 1 heterocycles. The summed E-state index contributed by atoms with van der Waals surface area (Å²) in [4.78, 5) is 3.97. The third kappa shape index (κ3) is 1.27. The summed E-state index contributed by atoms with van der Waals surface area (Å²) in [6.07, 6.45) is 7.62. The molecule has 1 aliphatic heterocycles. The molecule has 0 bridgehead atoms. The highest BCUT2D eigenvalue weighted by molar-refractivity contribution is 5.50. The van der Waals surface area contributed by atoms with E-state index in [1.165, 1.54) is 0 Å². The quantitative estimate of drug-likeness (QED) is 0.385. The molecular weight excluding hydrogens is 112 g/mol. The molecule has 1 aliphatic rings. The van der Waals surface area contributed by atoms with Gasteiger partial charge in [0.15, 0.2) is 6.34 Å². The molecule has 1 rings (SSSR count). The first kappa shape index (κ1) is 6.23. The van der Waals surface area contributed by atoms with Gasteiger partial charge in [0.25, 0.3) is 0 Å². The molecule has 0 aliphatic carbocycles. The van der Waals surface area contributed by atoms with E-state index in [-0.39, 0.29) is 0 Å². The van der Waals surface area contributed by atoms with Gasteiger partial charge in [-0.25, -0.2) is 4.99 Å². The van der Waals surface area contributed by atoms with E-state index in [2.05, 4.69) is 18.6 Å². The second-order valence-corrected chi connectivity index (χ2v) is 2.38. The van der Waals surface area contributed by atoms with Gasteiger partial charge in [-0.05, 0) is 6.08 Å². The number of hydrogen-bond donors (Lipinski definition) is 0. The molecule has 0 aromatic rings. The number of quaternary nitrogens is 1. The molecule has 0 amide bonds. The molecular formula is C7H11N2+. The SMILES string of the molecule is C=CC[N+]1(C)C=CN=C1. The van der Waals surface area contributed by atoms with E-state index in [1.807, 2.05) is 24.8 Å². The first-order chi connectivity index (χ1) is 4.27. The molecule has 0 aromatic carbocycles. The minimum absolute atomic E-state index is 0.753. The predicted octanol–water partition coefficient (Wildman–Crippen LogP) is 1.13. The van der Waals surface area contributed by atoms with Gasteiger partial charge in [-0.1, -0.05) is 6.58 Å². The van der Waals surface area contributed by atoms with Crippen molar-refractivity contribution >= 4 is 6.34 Å². The van der Waals surface area contributed by atoms with Crippen molar-refractivity contribution in [3.8, 4) is 0 Å². The summed E-state index contributed by atoms with van der Waals surface area (Å²) >= 11 is 0. The van der Waals surface area contributed by atoms with Crippen LogP contribution >= 0.6 is 0 Å². The van der Waals surface area contributed by atoms with Crippen molar-refractivity contribution in [2.24, 2.45) is 4.99 Å². The van der Waals surface area contributed by atoms with Gasteiger partial charge in [0.2, 0.25) is 0 Å². The van der Waals surface area contributed by atoms with Gasteiger partial charge in [0, 0.05) is 0 Å². The Morgan fingerprint density at radius 3 is 3.00 bits per heavy atom. The lowest BCUT2D eigenvalue weighted by Crippen LogP contribution is -2.34. The summed E-state index contributed by atoms with van der Waals surface area (Å²) in [5, 5.41) is 0. The highest BCUT2D eigenvalue weighted by atomic mass is 15.3.